The van der Waals surface area contributed by atoms with E-state index < -0.39 is 88.7 Å². The number of carboxylic acid groups (broad SMARTS) is 1. The van der Waals surface area contributed by atoms with Crippen molar-refractivity contribution in [3.05, 3.63) is 45.5 Å². The molecule has 0 radical (unpaired) electrons. The summed E-state index contributed by atoms with van der Waals surface area (Å²) in [5.41, 5.74) is 4.11. The van der Waals surface area contributed by atoms with Gasteiger partial charge in [-0.1, -0.05) is 102 Å². The summed E-state index contributed by atoms with van der Waals surface area (Å²) in [6, 6.07) is -0.755. The molecule has 0 bridgehead atoms. The number of fused-ring (bicyclic) bond motifs is 1. The van der Waals surface area contributed by atoms with Gasteiger partial charge >= 0.3 is 11.9 Å². The first-order valence-electron chi connectivity index (χ1n) is 22.8. The average molecular weight is 930 g/mol. The fraction of sp³-hybridized carbons (Fsp3) is 0.667. The van der Waals surface area contributed by atoms with Gasteiger partial charge in [0.2, 0.25) is 23.6 Å². The monoisotopic (exact) mass is 928 g/mol. The molecule has 4 aliphatic rings. The highest BCUT2D eigenvalue weighted by molar-refractivity contribution is 6.42. The molecule has 0 spiro atoms. The topological polar surface area (TPSA) is 219 Å². The molecule has 4 fully saturated rings. The highest BCUT2D eigenvalue weighted by Gasteiger charge is 2.70. The molecule has 1 aromatic rings. The van der Waals surface area contributed by atoms with Crippen LogP contribution in [0.5, 0.6) is 0 Å². The third-order valence-corrected chi connectivity index (χ3v) is 15.2. The first kappa shape index (κ1) is 50.7. The molecule has 14 nitrogen and oxygen atoms in total. The SMILES string of the molecule is COC(=O)/C=C/CC[C@H](CC(=O)c1cc(Cl)c(Cl)cc1C(=O)O)C(=O)N[C@H](C(=O)N1C[C@H]2[C@@H]([C@H]1C(=O)N[C@H](C(=O)C[C@H](C(N)=O)C1CCCCC1)C1CCCCC1)C2(C)C)C(C)(C)C. The number of primary amides is 1. The smallest absolute Gasteiger partial charge is 0.336 e. The minimum Gasteiger partial charge on any atom is -0.478 e. The molecule has 1 aromatic carbocycles. The number of benzene rings is 1. The number of hydrogen-bond donors (Lipinski definition) is 4. The van der Waals surface area contributed by atoms with Gasteiger partial charge in [0.05, 0.1) is 28.8 Å². The van der Waals surface area contributed by atoms with Gasteiger partial charge in [0, 0.05) is 42.9 Å². The predicted octanol–water partition coefficient (Wildman–Crippen LogP) is 7.11. The van der Waals surface area contributed by atoms with Crippen LogP contribution in [-0.2, 0) is 33.5 Å². The van der Waals surface area contributed by atoms with Gasteiger partial charge < -0.3 is 31.1 Å². The van der Waals surface area contributed by atoms with Gasteiger partial charge in [0.1, 0.15) is 12.1 Å². The van der Waals surface area contributed by atoms with E-state index in [4.69, 9.17) is 28.9 Å². The molecule has 7 atom stereocenters. The first-order chi connectivity index (χ1) is 30.1. The number of halogens is 2. The molecule has 0 aromatic heterocycles. The van der Waals surface area contributed by atoms with Gasteiger partial charge in [-0.25, -0.2) is 9.59 Å². The number of ketones is 2. The second kappa shape index (κ2) is 21.3. The van der Waals surface area contributed by atoms with E-state index in [0.717, 1.165) is 76.3 Å². The number of nitrogens with zero attached hydrogens (tertiary/aromatic N) is 1. The van der Waals surface area contributed by atoms with Crippen LogP contribution in [0.2, 0.25) is 10.0 Å². The minimum atomic E-state index is -1.42. The van der Waals surface area contributed by atoms with Crippen molar-refractivity contribution in [2.45, 2.75) is 143 Å². The summed E-state index contributed by atoms with van der Waals surface area (Å²) >= 11 is 12.3. The van der Waals surface area contributed by atoms with Crippen LogP contribution in [-0.4, -0.2) is 88.9 Å². The van der Waals surface area contributed by atoms with Crippen molar-refractivity contribution >= 4 is 70.3 Å². The summed E-state index contributed by atoms with van der Waals surface area (Å²) in [6.07, 6.45) is 11.4. The fourth-order valence-electron chi connectivity index (χ4n) is 10.6. The number of likely N-dealkylation sites (tertiary alicyclic amines) is 1. The van der Waals surface area contributed by atoms with E-state index in [1.807, 2.05) is 0 Å². The number of hydrogen-bond acceptors (Lipinski definition) is 9. The van der Waals surface area contributed by atoms with Crippen molar-refractivity contribution in [3.63, 3.8) is 0 Å². The Labute approximate surface area is 386 Å². The Balaban J connectivity index is 1.41. The second-order valence-corrected chi connectivity index (χ2v) is 20.9. The number of methoxy groups -OCH3 is 1. The van der Waals surface area contributed by atoms with Crippen LogP contribution in [0, 0.1) is 46.3 Å². The van der Waals surface area contributed by atoms with E-state index in [2.05, 4.69) is 29.2 Å². The van der Waals surface area contributed by atoms with Crippen LogP contribution >= 0.6 is 23.2 Å². The molecule has 64 heavy (non-hydrogen) atoms. The number of amides is 4. The van der Waals surface area contributed by atoms with Crippen LogP contribution in [0.3, 0.4) is 0 Å². The fourth-order valence-corrected chi connectivity index (χ4v) is 10.9. The van der Waals surface area contributed by atoms with Crippen LogP contribution in [0.1, 0.15) is 145 Å². The van der Waals surface area contributed by atoms with E-state index in [0.29, 0.717) is 0 Å². The molecular weight excluding hydrogens is 863 g/mol. The summed E-state index contributed by atoms with van der Waals surface area (Å²) < 4.78 is 4.67. The van der Waals surface area contributed by atoms with E-state index in [-0.39, 0.29) is 76.3 Å². The van der Waals surface area contributed by atoms with Crippen LogP contribution in [0.4, 0.5) is 0 Å². The lowest BCUT2D eigenvalue weighted by Crippen LogP contribution is -2.61. The number of carbonyl (C=O) groups is 8. The van der Waals surface area contributed by atoms with E-state index in [9.17, 15) is 43.5 Å². The summed E-state index contributed by atoms with van der Waals surface area (Å²) in [5.74, 6) is -7.11. The van der Waals surface area contributed by atoms with Crippen molar-refractivity contribution in [2.75, 3.05) is 13.7 Å². The van der Waals surface area contributed by atoms with Crippen LogP contribution in [0.15, 0.2) is 24.3 Å². The molecule has 1 saturated heterocycles. The van der Waals surface area contributed by atoms with Crippen molar-refractivity contribution < 1.29 is 48.2 Å². The molecule has 5 N–H and O–H groups in total. The zero-order valence-electron chi connectivity index (χ0n) is 38.0. The number of esters is 1. The molecule has 3 aliphatic carbocycles. The Morgan fingerprint density at radius 3 is 2.02 bits per heavy atom. The van der Waals surface area contributed by atoms with E-state index in [1.165, 1.54) is 24.2 Å². The van der Waals surface area contributed by atoms with Gasteiger partial charge in [-0.05, 0) is 85.2 Å². The minimum absolute atomic E-state index is 0.0144. The normalized spacial score (nSPS) is 23.0. The quantitative estimate of drug-likeness (QED) is 0.0626. The number of nitrogens with two attached hydrogens (primary N) is 1. The predicted molar refractivity (Wildman–Crippen MR) is 241 cm³/mol. The lowest BCUT2D eigenvalue weighted by Gasteiger charge is -2.39. The molecule has 5 rings (SSSR count). The van der Waals surface area contributed by atoms with Crippen molar-refractivity contribution in [1.82, 2.24) is 15.5 Å². The maximum atomic E-state index is 15.0. The molecule has 0 unspecified atom stereocenters. The Morgan fingerprint density at radius 2 is 1.47 bits per heavy atom. The molecule has 16 heteroatoms. The maximum Gasteiger partial charge on any atom is 0.336 e. The number of rotatable bonds is 19. The van der Waals surface area contributed by atoms with Gasteiger partial charge in [-0.3, -0.25) is 28.8 Å². The van der Waals surface area contributed by atoms with Gasteiger partial charge in [-0.2, -0.15) is 0 Å². The Hall–Kier alpha value is -4.30. The Kier molecular flexibility index (Phi) is 16.9. The zero-order valence-corrected chi connectivity index (χ0v) is 39.5. The molecule has 4 amide bonds. The second-order valence-electron chi connectivity index (χ2n) is 20.1. The maximum absolute atomic E-state index is 15.0. The van der Waals surface area contributed by atoms with E-state index in [1.54, 1.807) is 20.8 Å². The number of Topliss-reactive ketones (excluding diaryl/α,β-unsaturated/α-hetero) is 2. The molecular formula is C48H66Cl2N4O10. The lowest BCUT2D eigenvalue weighted by atomic mass is 9.75. The number of piperidine rings is 1. The van der Waals surface area contributed by atoms with Crippen molar-refractivity contribution in [3.8, 4) is 0 Å². The number of carboxylic acids is 1. The van der Waals surface area contributed by atoms with Crippen molar-refractivity contribution in [1.29, 1.82) is 0 Å². The summed E-state index contributed by atoms with van der Waals surface area (Å²) in [7, 11) is 1.22. The first-order valence-corrected chi connectivity index (χ1v) is 23.6. The lowest BCUT2D eigenvalue weighted by molar-refractivity contribution is -0.146. The molecule has 352 valence electrons. The molecule has 1 heterocycles. The third kappa shape index (κ3) is 11.9. The van der Waals surface area contributed by atoms with Gasteiger partial charge in [0.25, 0.3) is 0 Å². The largest absolute Gasteiger partial charge is 0.478 e. The number of allylic oxidation sites excluding steroid dienone is 1. The molecule has 3 saturated carbocycles. The standard InChI is InChI=1S/C48H66Cl2N4O10/c1-47(2,3)41(53-43(59)28(19-13-14-20-37(57)64-6)21-35(55)30-22-33(49)34(50)23-31(30)46(62)63)45(61)54-25-32-38(48(32,4)5)40(54)44(60)52-39(27-17-11-8-12-18-27)36(56)24-29(42(51)58)26-15-9-7-10-16-26/h14,20,22-23,26-29,32,38-41H,7-13,15-19,21,24-25H2,1-6H3,(H2,51,58)(H,52,60)(H,53,59)(H,62,63)/b20-14+/t28-,29+,32+,38+,39+,40+,41-/m1/s1. The summed E-state index contributed by atoms with van der Waals surface area (Å²) in [4.78, 5) is 110. The summed E-state index contributed by atoms with van der Waals surface area (Å²) in [5, 5.41) is 15.8. The highest BCUT2D eigenvalue weighted by atomic mass is 35.5. The molecule has 1 aliphatic heterocycles. The average Bonchev–Trinajstić information content (AvgIpc) is 3.53. The number of nitrogens with one attached hydrogen (secondary N) is 2. The van der Waals surface area contributed by atoms with Gasteiger partial charge in [0.15, 0.2) is 11.6 Å². The Morgan fingerprint density at radius 1 is 0.891 bits per heavy atom. The third-order valence-electron chi connectivity index (χ3n) is 14.5. The number of ether oxygens (including phenoxy) is 1. The number of aromatic carboxylic acids is 1. The van der Waals surface area contributed by atoms with Crippen LogP contribution < -0.4 is 16.4 Å². The van der Waals surface area contributed by atoms with Crippen molar-refractivity contribution in [2.24, 2.45) is 52.1 Å². The van der Waals surface area contributed by atoms with E-state index >= 15 is 0 Å². The van der Waals surface area contributed by atoms with Gasteiger partial charge in [-0.15, -0.1) is 0 Å². The zero-order chi connectivity index (χ0) is 47.3. The number of carbonyl (C=O) groups excluding carboxylic acids is 7. The summed E-state index contributed by atoms with van der Waals surface area (Å²) in [6.45, 7) is 9.69. The Bertz CT molecular complexity index is 2000. The van der Waals surface area contributed by atoms with Crippen LogP contribution in [0.25, 0.3) is 0 Å². The highest BCUT2D eigenvalue weighted by Crippen LogP contribution is 2.65.